The lowest BCUT2D eigenvalue weighted by Crippen LogP contribution is -2.36. The number of nitrogens with one attached hydrogen (secondary N) is 2. The largest absolute Gasteiger partial charge is 0.372 e. The number of rotatable bonds is 5. The van der Waals surface area contributed by atoms with Crippen LogP contribution in [0.5, 0.6) is 0 Å². The van der Waals surface area contributed by atoms with Gasteiger partial charge in [0.2, 0.25) is 0 Å². The summed E-state index contributed by atoms with van der Waals surface area (Å²) in [6.45, 7) is 6.60. The normalized spacial score (nSPS) is 14.2. The molecule has 2 N–H and O–H groups in total. The van der Waals surface area contributed by atoms with Gasteiger partial charge in [-0.2, -0.15) is 0 Å². The second-order valence-electron chi connectivity index (χ2n) is 7.78. The highest BCUT2D eigenvalue weighted by Crippen LogP contribution is 2.20. The fraction of sp³-hybridized carbons (Fsp3) is 0.417. The molecule has 5 heteroatoms. The molecule has 5 nitrogen and oxygen atoms in total. The van der Waals surface area contributed by atoms with Gasteiger partial charge < -0.3 is 15.5 Å². The van der Waals surface area contributed by atoms with E-state index in [9.17, 15) is 9.59 Å². The average molecular weight is 394 g/mol. The SMILES string of the molecule is Cc1cccc(NC(=O)C(=O)NCCc2ccc(N3CCCCCC3)cc2)c1C. The molecule has 1 aliphatic heterocycles. The molecule has 0 spiro atoms. The van der Waals surface area contributed by atoms with Crippen molar-refractivity contribution < 1.29 is 9.59 Å². The van der Waals surface area contributed by atoms with Gasteiger partial charge in [-0.3, -0.25) is 9.59 Å². The predicted octanol–water partition coefficient (Wildman–Crippen LogP) is 3.98. The van der Waals surface area contributed by atoms with E-state index in [1.165, 1.54) is 31.4 Å². The molecule has 29 heavy (non-hydrogen) atoms. The van der Waals surface area contributed by atoms with Crippen LogP contribution in [-0.2, 0) is 16.0 Å². The molecular formula is C24H31N3O2. The Morgan fingerprint density at radius 1 is 0.897 bits per heavy atom. The van der Waals surface area contributed by atoms with Crippen LogP contribution in [0, 0.1) is 13.8 Å². The van der Waals surface area contributed by atoms with Crippen LogP contribution < -0.4 is 15.5 Å². The van der Waals surface area contributed by atoms with Crippen LogP contribution in [0.15, 0.2) is 42.5 Å². The Balaban J connectivity index is 1.46. The van der Waals surface area contributed by atoms with Gasteiger partial charge in [0.1, 0.15) is 0 Å². The highest BCUT2D eigenvalue weighted by molar-refractivity contribution is 6.39. The lowest BCUT2D eigenvalue weighted by molar-refractivity contribution is -0.136. The van der Waals surface area contributed by atoms with Crippen molar-refractivity contribution in [1.29, 1.82) is 0 Å². The maximum absolute atomic E-state index is 12.1. The van der Waals surface area contributed by atoms with Gasteiger partial charge in [0.25, 0.3) is 0 Å². The molecule has 154 valence electrons. The Kier molecular flexibility index (Phi) is 7.28. The first kappa shape index (κ1) is 20.9. The van der Waals surface area contributed by atoms with Gasteiger partial charge in [0.05, 0.1) is 0 Å². The molecular weight excluding hydrogens is 362 g/mol. The third kappa shape index (κ3) is 5.83. The monoisotopic (exact) mass is 393 g/mol. The first-order chi connectivity index (χ1) is 14.0. The molecule has 0 radical (unpaired) electrons. The number of amides is 2. The summed E-state index contributed by atoms with van der Waals surface area (Å²) in [5.41, 5.74) is 5.14. The molecule has 0 atom stereocenters. The summed E-state index contributed by atoms with van der Waals surface area (Å²) in [6, 6.07) is 14.2. The van der Waals surface area contributed by atoms with Crippen molar-refractivity contribution in [1.82, 2.24) is 5.32 Å². The third-order valence-corrected chi connectivity index (χ3v) is 5.67. The van der Waals surface area contributed by atoms with E-state index in [1.807, 2.05) is 26.0 Å². The smallest absolute Gasteiger partial charge is 0.313 e. The molecule has 2 aromatic rings. The number of aryl methyl sites for hydroxylation is 1. The van der Waals surface area contributed by atoms with Crippen molar-refractivity contribution in [3.63, 3.8) is 0 Å². The number of carbonyl (C=O) groups is 2. The van der Waals surface area contributed by atoms with E-state index in [2.05, 4.69) is 39.8 Å². The van der Waals surface area contributed by atoms with Gasteiger partial charge in [0, 0.05) is 31.0 Å². The first-order valence-electron chi connectivity index (χ1n) is 10.5. The highest BCUT2D eigenvalue weighted by Gasteiger charge is 2.15. The molecule has 2 aromatic carbocycles. The molecule has 0 aromatic heterocycles. The summed E-state index contributed by atoms with van der Waals surface area (Å²) in [4.78, 5) is 26.7. The summed E-state index contributed by atoms with van der Waals surface area (Å²) in [7, 11) is 0. The molecule has 2 amide bonds. The maximum atomic E-state index is 12.1. The van der Waals surface area contributed by atoms with E-state index < -0.39 is 11.8 Å². The minimum absolute atomic E-state index is 0.433. The predicted molar refractivity (Wildman–Crippen MR) is 118 cm³/mol. The summed E-state index contributed by atoms with van der Waals surface area (Å²) >= 11 is 0. The van der Waals surface area contributed by atoms with E-state index in [0.717, 1.165) is 29.8 Å². The van der Waals surface area contributed by atoms with E-state index >= 15 is 0 Å². The van der Waals surface area contributed by atoms with Crippen LogP contribution in [0.2, 0.25) is 0 Å². The molecule has 3 rings (SSSR count). The van der Waals surface area contributed by atoms with E-state index in [4.69, 9.17) is 0 Å². The molecule has 0 unspecified atom stereocenters. The Morgan fingerprint density at radius 3 is 2.28 bits per heavy atom. The van der Waals surface area contributed by atoms with Crippen LogP contribution in [0.25, 0.3) is 0 Å². The molecule has 0 aliphatic carbocycles. The van der Waals surface area contributed by atoms with Crippen molar-refractivity contribution in [2.75, 3.05) is 29.9 Å². The van der Waals surface area contributed by atoms with Crippen molar-refractivity contribution >= 4 is 23.2 Å². The van der Waals surface area contributed by atoms with Gasteiger partial charge in [-0.15, -0.1) is 0 Å². The number of carbonyl (C=O) groups excluding carboxylic acids is 2. The number of hydrogen-bond acceptors (Lipinski definition) is 3. The van der Waals surface area contributed by atoms with E-state index in [1.54, 1.807) is 6.07 Å². The summed E-state index contributed by atoms with van der Waals surface area (Å²) in [5.74, 6) is -1.23. The molecule has 1 saturated heterocycles. The Labute approximate surface area is 173 Å². The fourth-order valence-corrected chi connectivity index (χ4v) is 3.67. The standard InChI is InChI=1S/C24H31N3O2/c1-18-8-7-9-22(19(18)2)26-24(29)23(28)25-15-14-20-10-12-21(13-11-20)27-16-5-3-4-6-17-27/h7-13H,3-6,14-17H2,1-2H3,(H,25,28)(H,26,29). The molecule has 0 bridgehead atoms. The Hall–Kier alpha value is -2.82. The van der Waals surface area contributed by atoms with Crippen LogP contribution in [0.1, 0.15) is 42.4 Å². The third-order valence-electron chi connectivity index (χ3n) is 5.67. The number of hydrogen-bond donors (Lipinski definition) is 2. The zero-order valence-electron chi connectivity index (χ0n) is 17.5. The second-order valence-corrected chi connectivity index (χ2v) is 7.78. The van der Waals surface area contributed by atoms with Gasteiger partial charge >= 0.3 is 11.8 Å². The lowest BCUT2D eigenvalue weighted by atomic mass is 10.1. The number of anilines is 2. The highest BCUT2D eigenvalue weighted by atomic mass is 16.2. The topological polar surface area (TPSA) is 61.4 Å². The average Bonchev–Trinajstić information content (AvgIpc) is 3.01. The number of benzene rings is 2. The van der Waals surface area contributed by atoms with Gasteiger partial charge in [0.15, 0.2) is 0 Å². The van der Waals surface area contributed by atoms with Crippen LogP contribution in [-0.4, -0.2) is 31.4 Å². The van der Waals surface area contributed by atoms with Crippen molar-refractivity contribution in [3.8, 4) is 0 Å². The number of nitrogens with zero attached hydrogens (tertiary/aromatic N) is 1. The summed E-state index contributed by atoms with van der Waals surface area (Å²) in [6.07, 6.45) is 5.87. The molecule has 0 saturated carbocycles. The van der Waals surface area contributed by atoms with Crippen LogP contribution >= 0.6 is 0 Å². The zero-order chi connectivity index (χ0) is 20.6. The van der Waals surface area contributed by atoms with Gasteiger partial charge in [-0.25, -0.2) is 0 Å². The molecule has 1 fully saturated rings. The second kappa shape index (κ2) is 10.1. The lowest BCUT2D eigenvalue weighted by Gasteiger charge is -2.22. The molecule has 1 aliphatic rings. The Bertz CT molecular complexity index is 838. The quantitative estimate of drug-likeness (QED) is 0.756. The van der Waals surface area contributed by atoms with Gasteiger partial charge in [-0.05, 0) is 68.0 Å². The first-order valence-corrected chi connectivity index (χ1v) is 10.5. The van der Waals surface area contributed by atoms with Crippen molar-refractivity contribution in [2.45, 2.75) is 46.0 Å². The van der Waals surface area contributed by atoms with E-state index in [0.29, 0.717) is 18.7 Å². The van der Waals surface area contributed by atoms with Gasteiger partial charge in [-0.1, -0.05) is 37.1 Å². The zero-order valence-corrected chi connectivity index (χ0v) is 17.5. The molecule has 1 heterocycles. The Morgan fingerprint density at radius 2 is 1.59 bits per heavy atom. The van der Waals surface area contributed by atoms with E-state index in [-0.39, 0.29) is 0 Å². The van der Waals surface area contributed by atoms with Crippen LogP contribution in [0.4, 0.5) is 11.4 Å². The summed E-state index contributed by atoms with van der Waals surface area (Å²) < 4.78 is 0. The fourth-order valence-electron chi connectivity index (χ4n) is 3.67. The van der Waals surface area contributed by atoms with Crippen molar-refractivity contribution in [2.24, 2.45) is 0 Å². The van der Waals surface area contributed by atoms with Crippen LogP contribution in [0.3, 0.4) is 0 Å². The van der Waals surface area contributed by atoms with Crippen molar-refractivity contribution in [3.05, 3.63) is 59.2 Å². The summed E-state index contributed by atoms with van der Waals surface area (Å²) in [5, 5.41) is 5.40. The minimum Gasteiger partial charge on any atom is -0.372 e. The minimum atomic E-state index is -0.629. The maximum Gasteiger partial charge on any atom is 0.313 e.